The molecule has 0 atom stereocenters. The fourth-order valence-electron chi connectivity index (χ4n) is 2.90. The van der Waals surface area contributed by atoms with E-state index in [0.717, 1.165) is 22.3 Å². The largest absolute Gasteiger partial charge is 0.310 e. The quantitative estimate of drug-likeness (QED) is 0.521. The van der Waals surface area contributed by atoms with Gasteiger partial charge in [0.2, 0.25) is 0 Å². The van der Waals surface area contributed by atoms with Gasteiger partial charge in [0, 0.05) is 23.0 Å². The summed E-state index contributed by atoms with van der Waals surface area (Å²) >= 11 is 0. The van der Waals surface area contributed by atoms with Gasteiger partial charge in [0.25, 0.3) is 5.56 Å². The van der Waals surface area contributed by atoms with E-state index in [9.17, 15) is 4.79 Å². The lowest BCUT2D eigenvalue weighted by Crippen LogP contribution is -2.22. The van der Waals surface area contributed by atoms with E-state index >= 15 is 0 Å². The lowest BCUT2D eigenvalue weighted by atomic mass is 10.2. The summed E-state index contributed by atoms with van der Waals surface area (Å²) in [5, 5.41) is 1.08. The van der Waals surface area contributed by atoms with Gasteiger partial charge in [-0.1, -0.05) is 36.4 Å². The number of aryl methyl sites for hydroxylation is 1. The van der Waals surface area contributed by atoms with E-state index in [-0.39, 0.29) is 5.56 Å². The molecule has 0 radical (unpaired) electrons. The predicted octanol–water partition coefficient (Wildman–Crippen LogP) is 3.55. The molecule has 102 valence electrons. The van der Waals surface area contributed by atoms with Crippen molar-refractivity contribution in [1.29, 1.82) is 0 Å². The van der Waals surface area contributed by atoms with E-state index in [1.807, 2.05) is 78.2 Å². The minimum atomic E-state index is 0.0115. The molecule has 3 nitrogen and oxygen atoms in total. The molecule has 0 aliphatic carbocycles. The highest BCUT2D eigenvalue weighted by Gasteiger charge is 2.11. The normalized spacial score (nSPS) is 11.3. The maximum atomic E-state index is 12.9. The van der Waals surface area contributed by atoms with Crippen LogP contribution in [0.3, 0.4) is 0 Å². The highest BCUT2D eigenvalue weighted by atomic mass is 16.1. The average Bonchev–Trinajstić information content (AvgIpc) is 2.88. The van der Waals surface area contributed by atoms with Crippen molar-refractivity contribution in [2.24, 2.45) is 0 Å². The van der Waals surface area contributed by atoms with Gasteiger partial charge in [-0.2, -0.15) is 0 Å². The Labute approximate surface area is 121 Å². The van der Waals surface area contributed by atoms with E-state index in [4.69, 9.17) is 0 Å². The average molecular weight is 274 g/mol. The van der Waals surface area contributed by atoms with Crippen LogP contribution < -0.4 is 5.56 Å². The van der Waals surface area contributed by atoms with Gasteiger partial charge in [0.1, 0.15) is 5.52 Å². The monoisotopic (exact) mass is 274 g/mol. The van der Waals surface area contributed by atoms with Crippen molar-refractivity contribution in [3.8, 4) is 5.69 Å². The topological polar surface area (TPSA) is 26.4 Å². The number of benzene rings is 2. The van der Waals surface area contributed by atoms with E-state index in [1.165, 1.54) is 0 Å². The number of aromatic nitrogens is 2. The van der Waals surface area contributed by atoms with Crippen LogP contribution in [-0.4, -0.2) is 8.97 Å². The molecule has 0 spiro atoms. The Bertz CT molecular complexity index is 1010. The van der Waals surface area contributed by atoms with Crippen LogP contribution in [0.2, 0.25) is 0 Å². The van der Waals surface area contributed by atoms with Gasteiger partial charge < -0.3 is 4.40 Å². The second kappa shape index (κ2) is 4.35. The molecule has 4 rings (SSSR count). The molecule has 2 aromatic heterocycles. The van der Waals surface area contributed by atoms with Crippen LogP contribution in [0.25, 0.3) is 22.1 Å². The third kappa shape index (κ3) is 1.71. The summed E-state index contributed by atoms with van der Waals surface area (Å²) in [5.74, 6) is 0. The van der Waals surface area contributed by atoms with E-state index in [0.29, 0.717) is 5.52 Å². The maximum absolute atomic E-state index is 12.9. The van der Waals surface area contributed by atoms with Crippen molar-refractivity contribution in [2.75, 3.05) is 0 Å². The standard InChI is InChI=1S/C18H14N2O/c1-13-12-19-16-10-6-5-7-14(16)11-17(19)18(21)20(13)15-8-3-2-4-9-15/h2-12H,1H3. The first-order chi connectivity index (χ1) is 10.3. The van der Waals surface area contributed by atoms with Gasteiger partial charge in [-0.3, -0.25) is 9.36 Å². The highest BCUT2D eigenvalue weighted by Crippen LogP contribution is 2.19. The summed E-state index contributed by atoms with van der Waals surface area (Å²) in [6.07, 6.45) is 2.02. The van der Waals surface area contributed by atoms with Gasteiger partial charge in [0.15, 0.2) is 0 Å². The number of fused-ring (bicyclic) bond motifs is 3. The van der Waals surface area contributed by atoms with Gasteiger partial charge in [-0.15, -0.1) is 0 Å². The molecule has 4 aromatic rings. The molecular formula is C18H14N2O. The van der Waals surface area contributed by atoms with Crippen LogP contribution >= 0.6 is 0 Å². The van der Waals surface area contributed by atoms with Crippen LogP contribution in [0.1, 0.15) is 5.69 Å². The zero-order valence-electron chi connectivity index (χ0n) is 11.7. The predicted molar refractivity (Wildman–Crippen MR) is 85.2 cm³/mol. The molecule has 0 saturated heterocycles. The zero-order valence-corrected chi connectivity index (χ0v) is 11.7. The first-order valence-corrected chi connectivity index (χ1v) is 6.93. The summed E-state index contributed by atoms with van der Waals surface area (Å²) in [6.45, 7) is 1.96. The van der Waals surface area contributed by atoms with Crippen LogP contribution in [-0.2, 0) is 0 Å². The number of nitrogens with zero attached hydrogens (tertiary/aromatic N) is 2. The molecule has 0 saturated carbocycles. The molecule has 0 bridgehead atoms. The molecule has 3 heteroatoms. The van der Waals surface area contributed by atoms with E-state index < -0.39 is 0 Å². The Hall–Kier alpha value is -2.81. The molecular weight excluding hydrogens is 260 g/mol. The van der Waals surface area contributed by atoms with Crippen LogP contribution in [0.4, 0.5) is 0 Å². The number of hydrogen-bond donors (Lipinski definition) is 0. The van der Waals surface area contributed by atoms with Gasteiger partial charge in [-0.05, 0) is 31.2 Å². The number of rotatable bonds is 1. The van der Waals surface area contributed by atoms with Crippen molar-refractivity contribution in [3.05, 3.63) is 82.9 Å². The van der Waals surface area contributed by atoms with E-state index in [2.05, 4.69) is 0 Å². The summed E-state index contributed by atoms with van der Waals surface area (Å²) in [4.78, 5) is 12.9. The van der Waals surface area contributed by atoms with Crippen molar-refractivity contribution in [3.63, 3.8) is 0 Å². The summed E-state index contributed by atoms with van der Waals surface area (Å²) in [6, 6.07) is 19.8. The van der Waals surface area contributed by atoms with Gasteiger partial charge >= 0.3 is 0 Å². The van der Waals surface area contributed by atoms with Crippen molar-refractivity contribution >= 4 is 16.4 Å². The molecule has 0 amide bonds. The molecule has 0 aliphatic rings. The molecule has 0 unspecified atom stereocenters. The third-order valence-electron chi connectivity index (χ3n) is 3.85. The minimum Gasteiger partial charge on any atom is -0.310 e. The Balaban J connectivity index is 2.16. The summed E-state index contributed by atoms with van der Waals surface area (Å²) < 4.78 is 3.74. The molecule has 0 N–H and O–H groups in total. The highest BCUT2D eigenvalue weighted by molar-refractivity contribution is 5.86. The minimum absolute atomic E-state index is 0.0115. The first-order valence-electron chi connectivity index (χ1n) is 6.93. The molecule has 21 heavy (non-hydrogen) atoms. The van der Waals surface area contributed by atoms with Crippen LogP contribution in [0.15, 0.2) is 71.7 Å². The van der Waals surface area contributed by atoms with Gasteiger partial charge in [0.05, 0.1) is 5.52 Å². The SMILES string of the molecule is Cc1cn2c(cc3ccccc32)c(=O)n1-c1ccccc1. The maximum Gasteiger partial charge on any atom is 0.279 e. The Morgan fingerprint density at radius 2 is 1.57 bits per heavy atom. The number of para-hydroxylation sites is 2. The summed E-state index contributed by atoms with van der Waals surface area (Å²) in [5.41, 5.74) is 3.59. The molecule has 0 aliphatic heterocycles. The van der Waals surface area contributed by atoms with Crippen LogP contribution in [0.5, 0.6) is 0 Å². The molecule has 2 heterocycles. The number of hydrogen-bond acceptors (Lipinski definition) is 1. The zero-order chi connectivity index (χ0) is 14.4. The van der Waals surface area contributed by atoms with Crippen LogP contribution in [0, 0.1) is 6.92 Å². The lowest BCUT2D eigenvalue weighted by molar-refractivity contribution is 0.911. The Kier molecular flexibility index (Phi) is 2.48. The fraction of sp³-hybridized carbons (Fsp3) is 0.0556. The molecule has 0 fully saturated rings. The van der Waals surface area contributed by atoms with E-state index in [1.54, 1.807) is 4.57 Å². The lowest BCUT2D eigenvalue weighted by Gasteiger charge is -2.11. The fourth-order valence-corrected chi connectivity index (χ4v) is 2.90. The van der Waals surface area contributed by atoms with Gasteiger partial charge in [-0.25, -0.2) is 0 Å². The summed E-state index contributed by atoms with van der Waals surface area (Å²) in [7, 11) is 0. The second-order valence-corrected chi connectivity index (χ2v) is 5.20. The Morgan fingerprint density at radius 1 is 0.857 bits per heavy atom. The van der Waals surface area contributed by atoms with Crippen molar-refractivity contribution in [1.82, 2.24) is 8.97 Å². The van der Waals surface area contributed by atoms with Crippen molar-refractivity contribution in [2.45, 2.75) is 6.92 Å². The Morgan fingerprint density at radius 3 is 2.38 bits per heavy atom. The first kappa shape index (κ1) is 12.0. The molecule has 2 aromatic carbocycles. The second-order valence-electron chi connectivity index (χ2n) is 5.20. The smallest absolute Gasteiger partial charge is 0.279 e. The third-order valence-corrected chi connectivity index (χ3v) is 3.85. The van der Waals surface area contributed by atoms with Crippen molar-refractivity contribution < 1.29 is 0 Å².